The Morgan fingerprint density at radius 2 is 2.00 bits per heavy atom. The molecule has 0 aromatic carbocycles. The van der Waals surface area contributed by atoms with E-state index in [1.165, 1.54) is 0 Å². The first-order valence-corrected chi connectivity index (χ1v) is 6.72. The molecule has 1 aliphatic rings. The standard InChI is InChI=1S/C10H19NO2S/c1-3-9(2)10(12)8-11-4-6-14(13)7-5-11/h9H,3-8H2,1-2H3. The van der Waals surface area contributed by atoms with Crippen LogP contribution in [0.4, 0.5) is 0 Å². The average molecular weight is 217 g/mol. The second-order valence-corrected chi connectivity index (χ2v) is 5.60. The van der Waals surface area contributed by atoms with Gasteiger partial charge in [-0.3, -0.25) is 13.9 Å². The van der Waals surface area contributed by atoms with Crippen molar-refractivity contribution in [2.45, 2.75) is 20.3 Å². The number of ketones is 1. The summed E-state index contributed by atoms with van der Waals surface area (Å²) in [4.78, 5) is 13.7. The Labute approximate surface area is 88.3 Å². The number of rotatable bonds is 4. The van der Waals surface area contributed by atoms with Gasteiger partial charge in [-0.2, -0.15) is 0 Å². The molecule has 0 amide bonds. The molecule has 0 aromatic rings. The summed E-state index contributed by atoms with van der Waals surface area (Å²) in [5.74, 6) is 1.95. The zero-order valence-electron chi connectivity index (χ0n) is 8.99. The van der Waals surface area contributed by atoms with Gasteiger partial charge < -0.3 is 0 Å². The summed E-state index contributed by atoms with van der Waals surface area (Å²) in [5, 5.41) is 0. The monoisotopic (exact) mass is 217 g/mol. The first kappa shape index (κ1) is 11.9. The van der Waals surface area contributed by atoms with Gasteiger partial charge in [0.05, 0.1) is 6.54 Å². The second-order valence-electron chi connectivity index (χ2n) is 3.90. The van der Waals surface area contributed by atoms with Crippen LogP contribution in [0.5, 0.6) is 0 Å². The van der Waals surface area contributed by atoms with Crippen LogP contribution >= 0.6 is 0 Å². The van der Waals surface area contributed by atoms with E-state index in [1.54, 1.807) is 0 Å². The molecule has 0 aromatic heterocycles. The minimum atomic E-state index is -0.641. The number of hydrogen-bond acceptors (Lipinski definition) is 3. The molecule has 0 N–H and O–H groups in total. The summed E-state index contributed by atoms with van der Waals surface area (Å²) in [6.45, 7) is 6.19. The predicted octanol–water partition coefficient (Wildman–Crippen LogP) is 0.666. The van der Waals surface area contributed by atoms with Gasteiger partial charge in [0.15, 0.2) is 0 Å². The van der Waals surface area contributed by atoms with Gasteiger partial charge in [0.25, 0.3) is 0 Å². The molecule has 1 unspecified atom stereocenters. The highest BCUT2D eigenvalue weighted by molar-refractivity contribution is 7.85. The van der Waals surface area contributed by atoms with Gasteiger partial charge in [-0.25, -0.2) is 0 Å². The Bertz CT molecular complexity index is 220. The topological polar surface area (TPSA) is 37.4 Å². The van der Waals surface area contributed by atoms with Gasteiger partial charge in [-0.05, 0) is 6.42 Å². The fraction of sp³-hybridized carbons (Fsp3) is 0.900. The lowest BCUT2D eigenvalue weighted by atomic mass is 10.0. The molecule has 4 heteroatoms. The SMILES string of the molecule is CCC(C)C(=O)CN1CCS(=O)CC1. The van der Waals surface area contributed by atoms with Crippen molar-refractivity contribution < 1.29 is 9.00 Å². The van der Waals surface area contributed by atoms with Crippen LogP contribution in [0.1, 0.15) is 20.3 Å². The highest BCUT2D eigenvalue weighted by Crippen LogP contribution is 2.06. The van der Waals surface area contributed by atoms with E-state index >= 15 is 0 Å². The lowest BCUT2D eigenvalue weighted by Crippen LogP contribution is -2.41. The molecule has 82 valence electrons. The smallest absolute Gasteiger partial charge is 0.149 e. The van der Waals surface area contributed by atoms with Crippen molar-refractivity contribution in [3.8, 4) is 0 Å². The summed E-state index contributed by atoms with van der Waals surface area (Å²) in [5.41, 5.74) is 0. The number of carbonyl (C=O) groups is 1. The first-order chi connectivity index (χ1) is 6.63. The third-order valence-electron chi connectivity index (χ3n) is 2.81. The highest BCUT2D eigenvalue weighted by Gasteiger charge is 2.19. The molecule has 14 heavy (non-hydrogen) atoms. The number of nitrogens with zero attached hydrogens (tertiary/aromatic N) is 1. The van der Waals surface area contributed by atoms with Crippen LogP contribution in [-0.4, -0.2) is 46.0 Å². The summed E-state index contributed by atoms with van der Waals surface area (Å²) >= 11 is 0. The van der Waals surface area contributed by atoms with E-state index in [2.05, 4.69) is 4.90 Å². The van der Waals surface area contributed by atoms with Crippen LogP contribution in [0.15, 0.2) is 0 Å². The normalized spacial score (nSPS) is 22.1. The largest absolute Gasteiger partial charge is 0.298 e. The molecule has 1 fully saturated rings. The lowest BCUT2D eigenvalue weighted by Gasteiger charge is -2.26. The molecule has 1 aliphatic heterocycles. The molecule has 1 saturated heterocycles. The molecule has 1 rings (SSSR count). The van der Waals surface area contributed by atoms with Crippen molar-refractivity contribution in [1.29, 1.82) is 0 Å². The number of hydrogen-bond donors (Lipinski definition) is 0. The van der Waals surface area contributed by atoms with Crippen LogP contribution in [-0.2, 0) is 15.6 Å². The van der Waals surface area contributed by atoms with Crippen molar-refractivity contribution in [3.63, 3.8) is 0 Å². The maximum absolute atomic E-state index is 11.6. The molecule has 0 spiro atoms. The minimum absolute atomic E-state index is 0.169. The lowest BCUT2D eigenvalue weighted by molar-refractivity contribution is -0.123. The highest BCUT2D eigenvalue weighted by atomic mass is 32.2. The van der Waals surface area contributed by atoms with Gasteiger partial charge in [0, 0.05) is 41.3 Å². The van der Waals surface area contributed by atoms with Crippen molar-refractivity contribution >= 4 is 16.6 Å². The quantitative estimate of drug-likeness (QED) is 0.694. The maximum Gasteiger partial charge on any atom is 0.149 e. The molecular weight excluding hydrogens is 198 g/mol. The van der Waals surface area contributed by atoms with E-state index in [0.29, 0.717) is 12.3 Å². The van der Waals surface area contributed by atoms with Crippen LogP contribution in [0.25, 0.3) is 0 Å². The van der Waals surface area contributed by atoms with Gasteiger partial charge in [-0.15, -0.1) is 0 Å². The number of Topliss-reactive ketones (excluding diaryl/α,β-unsaturated/α-hetero) is 1. The van der Waals surface area contributed by atoms with E-state index in [-0.39, 0.29) is 5.92 Å². The molecule has 0 radical (unpaired) electrons. The summed E-state index contributed by atoms with van der Waals surface area (Å²) in [7, 11) is -0.641. The fourth-order valence-corrected chi connectivity index (χ4v) is 2.57. The Balaban J connectivity index is 2.30. The zero-order valence-corrected chi connectivity index (χ0v) is 9.81. The molecule has 1 heterocycles. The van der Waals surface area contributed by atoms with Crippen molar-refractivity contribution in [1.82, 2.24) is 4.90 Å². The van der Waals surface area contributed by atoms with Crippen molar-refractivity contribution in [2.24, 2.45) is 5.92 Å². The average Bonchev–Trinajstić information content (AvgIpc) is 2.20. The van der Waals surface area contributed by atoms with Crippen LogP contribution in [0, 0.1) is 5.92 Å². The Morgan fingerprint density at radius 1 is 1.43 bits per heavy atom. The third kappa shape index (κ3) is 3.50. The second kappa shape index (κ2) is 5.61. The molecule has 3 nitrogen and oxygen atoms in total. The van der Waals surface area contributed by atoms with Crippen molar-refractivity contribution in [3.05, 3.63) is 0 Å². The Kier molecular flexibility index (Phi) is 4.75. The molecule has 1 atom stereocenters. The summed E-state index contributed by atoms with van der Waals surface area (Å²) < 4.78 is 11.1. The fourth-order valence-electron chi connectivity index (χ4n) is 1.44. The van der Waals surface area contributed by atoms with E-state index in [4.69, 9.17) is 0 Å². The van der Waals surface area contributed by atoms with E-state index < -0.39 is 10.8 Å². The maximum atomic E-state index is 11.6. The molecule has 0 bridgehead atoms. The third-order valence-corrected chi connectivity index (χ3v) is 4.09. The van der Waals surface area contributed by atoms with Crippen LogP contribution in [0.2, 0.25) is 0 Å². The first-order valence-electron chi connectivity index (χ1n) is 5.23. The van der Waals surface area contributed by atoms with Gasteiger partial charge >= 0.3 is 0 Å². The molecule has 0 aliphatic carbocycles. The number of carbonyl (C=O) groups excluding carboxylic acids is 1. The minimum Gasteiger partial charge on any atom is -0.298 e. The van der Waals surface area contributed by atoms with Crippen molar-refractivity contribution in [2.75, 3.05) is 31.1 Å². The van der Waals surface area contributed by atoms with E-state index in [0.717, 1.165) is 31.0 Å². The predicted molar refractivity (Wildman–Crippen MR) is 58.8 cm³/mol. The van der Waals surface area contributed by atoms with Crippen LogP contribution in [0.3, 0.4) is 0 Å². The van der Waals surface area contributed by atoms with E-state index in [9.17, 15) is 9.00 Å². The zero-order chi connectivity index (χ0) is 10.6. The molecule has 0 saturated carbocycles. The van der Waals surface area contributed by atoms with Gasteiger partial charge in [0.2, 0.25) is 0 Å². The Morgan fingerprint density at radius 3 is 2.50 bits per heavy atom. The Hall–Kier alpha value is -0.220. The summed E-state index contributed by atoms with van der Waals surface area (Å²) in [6.07, 6.45) is 0.915. The summed E-state index contributed by atoms with van der Waals surface area (Å²) in [6, 6.07) is 0. The van der Waals surface area contributed by atoms with Gasteiger partial charge in [0.1, 0.15) is 5.78 Å². The molecular formula is C10H19NO2S. The van der Waals surface area contributed by atoms with E-state index in [1.807, 2.05) is 13.8 Å². The van der Waals surface area contributed by atoms with Crippen LogP contribution < -0.4 is 0 Å². The van der Waals surface area contributed by atoms with Gasteiger partial charge in [-0.1, -0.05) is 13.8 Å².